The molecule has 2 N–H and O–H groups in total. The van der Waals surface area contributed by atoms with Crippen molar-refractivity contribution in [3.63, 3.8) is 0 Å². The van der Waals surface area contributed by atoms with Gasteiger partial charge in [-0.05, 0) is 43.2 Å². The van der Waals surface area contributed by atoms with E-state index in [9.17, 15) is 9.18 Å². The molecule has 0 aliphatic carbocycles. The molecule has 0 aromatic heterocycles. The number of benzene rings is 2. The van der Waals surface area contributed by atoms with Gasteiger partial charge in [0.2, 0.25) is 0 Å². The first-order valence-electron chi connectivity index (χ1n) is 8.79. The number of hydrogen-bond donors (Lipinski definition) is 2. The summed E-state index contributed by atoms with van der Waals surface area (Å²) in [5.74, 6) is -0.0774. The minimum atomic E-state index is -0.441. The Morgan fingerprint density at radius 1 is 1.26 bits per heavy atom. The zero-order valence-electron chi connectivity index (χ0n) is 15.4. The van der Waals surface area contributed by atoms with Crippen LogP contribution in [0.5, 0.6) is 11.5 Å². The summed E-state index contributed by atoms with van der Waals surface area (Å²) in [6, 6.07) is 9.53. The van der Waals surface area contributed by atoms with Crippen LogP contribution in [0, 0.1) is 5.82 Å². The van der Waals surface area contributed by atoms with Crippen LogP contribution in [0.4, 0.5) is 15.8 Å². The Morgan fingerprint density at radius 2 is 2.11 bits per heavy atom. The molecule has 0 bridgehead atoms. The zero-order valence-corrected chi connectivity index (χ0v) is 15.4. The lowest BCUT2D eigenvalue weighted by molar-refractivity contribution is 0.102. The smallest absolute Gasteiger partial charge is 0.259 e. The van der Waals surface area contributed by atoms with Crippen molar-refractivity contribution in [3.05, 3.63) is 47.8 Å². The molecule has 1 unspecified atom stereocenters. The first kappa shape index (κ1) is 19.0. The molecule has 27 heavy (non-hydrogen) atoms. The van der Waals surface area contributed by atoms with Crippen molar-refractivity contribution >= 4 is 17.3 Å². The molecule has 1 fully saturated rings. The number of methoxy groups -OCH3 is 2. The van der Waals surface area contributed by atoms with Crippen LogP contribution in [-0.2, 0) is 4.74 Å². The van der Waals surface area contributed by atoms with Gasteiger partial charge in [-0.3, -0.25) is 4.79 Å². The summed E-state index contributed by atoms with van der Waals surface area (Å²) in [5, 5.41) is 5.73. The molecule has 1 amide bonds. The predicted molar refractivity (Wildman–Crippen MR) is 101 cm³/mol. The van der Waals surface area contributed by atoms with Gasteiger partial charge in [-0.25, -0.2) is 4.39 Å². The lowest BCUT2D eigenvalue weighted by Gasteiger charge is -2.14. The highest BCUT2D eigenvalue weighted by molar-refractivity contribution is 6.06. The van der Waals surface area contributed by atoms with E-state index in [1.54, 1.807) is 30.3 Å². The second-order valence-corrected chi connectivity index (χ2v) is 6.21. The van der Waals surface area contributed by atoms with Crippen LogP contribution >= 0.6 is 0 Å². The van der Waals surface area contributed by atoms with E-state index in [1.165, 1.54) is 20.3 Å². The van der Waals surface area contributed by atoms with Crippen LogP contribution in [0.15, 0.2) is 36.4 Å². The molecule has 1 aliphatic rings. The molecular formula is C20H23FN2O4. The van der Waals surface area contributed by atoms with Crippen LogP contribution in [-0.4, -0.2) is 39.4 Å². The monoisotopic (exact) mass is 374 g/mol. The number of ether oxygens (including phenoxy) is 3. The normalized spacial score (nSPS) is 16.0. The number of nitrogens with one attached hydrogen (secondary N) is 2. The summed E-state index contributed by atoms with van der Waals surface area (Å²) in [4.78, 5) is 12.6. The van der Waals surface area contributed by atoms with Gasteiger partial charge < -0.3 is 24.8 Å². The van der Waals surface area contributed by atoms with Crippen molar-refractivity contribution < 1.29 is 23.4 Å². The van der Waals surface area contributed by atoms with Gasteiger partial charge in [0.1, 0.15) is 5.82 Å². The SMILES string of the molecule is COc1cccc(C(=O)Nc2ccc(NCC3CCCO3)c(F)c2)c1OC. The molecule has 2 aromatic rings. The van der Waals surface area contributed by atoms with Crippen LogP contribution in [0.2, 0.25) is 0 Å². The van der Waals surface area contributed by atoms with E-state index in [4.69, 9.17) is 14.2 Å². The average molecular weight is 374 g/mol. The van der Waals surface area contributed by atoms with Gasteiger partial charge in [0.15, 0.2) is 11.5 Å². The largest absolute Gasteiger partial charge is 0.493 e. The van der Waals surface area contributed by atoms with Gasteiger partial charge >= 0.3 is 0 Å². The summed E-state index contributed by atoms with van der Waals surface area (Å²) in [6.45, 7) is 1.32. The highest BCUT2D eigenvalue weighted by Crippen LogP contribution is 2.31. The fourth-order valence-corrected chi connectivity index (χ4v) is 3.03. The van der Waals surface area contributed by atoms with Gasteiger partial charge in [-0.15, -0.1) is 0 Å². The quantitative estimate of drug-likeness (QED) is 0.774. The maximum atomic E-state index is 14.3. The number of halogens is 1. The Bertz CT molecular complexity index is 807. The summed E-state index contributed by atoms with van der Waals surface area (Å²) in [6.07, 6.45) is 2.13. The molecule has 1 aliphatic heterocycles. The minimum Gasteiger partial charge on any atom is -0.493 e. The van der Waals surface area contributed by atoms with Crippen molar-refractivity contribution in [1.29, 1.82) is 0 Å². The Hall–Kier alpha value is -2.80. The number of hydrogen-bond acceptors (Lipinski definition) is 5. The van der Waals surface area contributed by atoms with Crippen molar-refractivity contribution in [2.24, 2.45) is 0 Å². The van der Waals surface area contributed by atoms with Gasteiger partial charge in [0, 0.05) is 18.8 Å². The van der Waals surface area contributed by atoms with Crippen molar-refractivity contribution in [2.75, 3.05) is 38.0 Å². The molecule has 7 heteroatoms. The van der Waals surface area contributed by atoms with Crippen LogP contribution in [0.1, 0.15) is 23.2 Å². The van der Waals surface area contributed by atoms with Crippen LogP contribution in [0.3, 0.4) is 0 Å². The van der Waals surface area contributed by atoms with Gasteiger partial charge in [0.05, 0.1) is 31.6 Å². The molecule has 0 radical (unpaired) electrons. The van der Waals surface area contributed by atoms with E-state index in [1.807, 2.05) is 0 Å². The van der Waals surface area contributed by atoms with Gasteiger partial charge in [0.25, 0.3) is 5.91 Å². The molecule has 0 spiro atoms. The minimum absolute atomic E-state index is 0.115. The number of carbonyl (C=O) groups excluding carboxylic acids is 1. The molecule has 6 nitrogen and oxygen atoms in total. The van der Waals surface area contributed by atoms with Crippen LogP contribution in [0.25, 0.3) is 0 Å². The lowest BCUT2D eigenvalue weighted by Crippen LogP contribution is -2.19. The standard InChI is InChI=1S/C20H23FN2O4/c1-25-18-7-3-6-15(19(18)26-2)20(24)23-13-8-9-17(16(21)11-13)22-12-14-5-4-10-27-14/h3,6-9,11,14,22H,4-5,10,12H2,1-2H3,(H,23,24). The van der Waals surface area contributed by atoms with Crippen molar-refractivity contribution in [3.8, 4) is 11.5 Å². The van der Waals surface area contributed by atoms with E-state index in [0.717, 1.165) is 19.4 Å². The summed E-state index contributed by atoms with van der Waals surface area (Å²) >= 11 is 0. The van der Waals surface area contributed by atoms with E-state index in [0.29, 0.717) is 35.0 Å². The number of rotatable bonds is 7. The Morgan fingerprint density at radius 3 is 2.78 bits per heavy atom. The number of anilines is 2. The molecular weight excluding hydrogens is 351 g/mol. The maximum absolute atomic E-state index is 14.3. The Balaban J connectivity index is 1.68. The first-order chi connectivity index (χ1) is 13.1. The molecule has 1 atom stereocenters. The molecule has 2 aromatic carbocycles. The fourth-order valence-electron chi connectivity index (χ4n) is 3.03. The molecule has 144 valence electrons. The molecule has 1 heterocycles. The number of amides is 1. The fraction of sp³-hybridized carbons (Fsp3) is 0.350. The molecule has 0 saturated carbocycles. The van der Waals surface area contributed by atoms with Crippen molar-refractivity contribution in [2.45, 2.75) is 18.9 Å². The van der Waals surface area contributed by atoms with Gasteiger partial charge in [-0.1, -0.05) is 6.07 Å². The third-order valence-corrected chi connectivity index (χ3v) is 4.42. The van der Waals surface area contributed by atoms with E-state index >= 15 is 0 Å². The van der Waals surface area contributed by atoms with E-state index < -0.39 is 11.7 Å². The van der Waals surface area contributed by atoms with E-state index in [2.05, 4.69) is 10.6 Å². The lowest BCUT2D eigenvalue weighted by atomic mass is 10.1. The number of para-hydroxylation sites is 1. The molecule has 3 rings (SSSR count). The van der Waals surface area contributed by atoms with Crippen LogP contribution < -0.4 is 20.1 Å². The van der Waals surface area contributed by atoms with Crippen molar-refractivity contribution in [1.82, 2.24) is 0 Å². The highest BCUT2D eigenvalue weighted by Gasteiger charge is 2.18. The third kappa shape index (κ3) is 4.49. The summed E-state index contributed by atoms with van der Waals surface area (Å²) < 4.78 is 30.3. The van der Waals surface area contributed by atoms with Gasteiger partial charge in [-0.2, -0.15) is 0 Å². The topological polar surface area (TPSA) is 68.8 Å². The second-order valence-electron chi connectivity index (χ2n) is 6.21. The predicted octanol–water partition coefficient (Wildman–Crippen LogP) is 3.69. The summed E-state index contributed by atoms with van der Waals surface area (Å²) in [7, 11) is 2.96. The first-order valence-corrected chi connectivity index (χ1v) is 8.79. The Kier molecular flexibility index (Phi) is 6.13. The number of carbonyl (C=O) groups is 1. The molecule has 1 saturated heterocycles. The zero-order chi connectivity index (χ0) is 19.2. The second kappa shape index (κ2) is 8.73. The Labute approximate surface area is 157 Å². The highest BCUT2D eigenvalue weighted by atomic mass is 19.1. The average Bonchev–Trinajstić information content (AvgIpc) is 3.20. The van der Waals surface area contributed by atoms with E-state index in [-0.39, 0.29) is 6.10 Å². The maximum Gasteiger partial charge on any atom is 0.259 e. The summed E-state index contributed by atoms with van der Waals surface area (Å²) in [5.41, 5.74) is 1.03. The third-order valence-electron chi connectivity index (χ3n) is 4.42.